The number of hydrogen-bond donors (Lipinski definition) is 0. The van der Waals surface area contributed by atoms with Crippen LogP contribution in [0.25, 0.3) is 0 Å². The predicted octanol–water partition coefficient (Wildman–Crippen LogP) is 2.04. The van der Waals surface area contributed by atoms with Gasteiger partial charge in [0.2, 0.25) is 0 Å². The van der Waals surface area contributed by atoms with E-state index in [0.29, 0.717) is 22.8 Å². The molecule has 1 aromatic heterocycles. The molecular weight excluding hydrogens is 256 g/mol. The molecule has 1 rings (SSSR count). The number of carbonyl (C=O) groups is 2. The molecule has 0 fully saturated rings. The van der Waals surface area contributed by atoms with E-state index in [9.17, 15) is 9.59 Å². The van der Waals surface area contributed by atoms with E-state index in [-0.39, 0.29) is 19.0 Å². The molecule has 18 heavy (non-hydrogen) atoms. The van der Waals surface area contributed by atoms with Gasteiger partial charge in [-0.05, 0) is 13.8 Å². The van der Waals surface area contributed by atoms with Gasteiger partial charge in [-0.15, -0.1) is 11.3 Å². The largest absolute Gasteiger partial charge is 0.495 e. The van der Waals surface area contributed by atoms with Crippen LogP contribution in [0.15, 0.2) is 5.38 Å². The standard InChI is InChI=1S/C12H16O5S/c1-4-16-10(13)6-9-11(12(14)17-5-2)8(15-3)7-18-9/h7H,4-6H2,1-3H3. The van der Waals surface area contributed by atoms with Crippen molar-refractivity contribution in [1.29, 1.82) is 0 Å². The van der Waals surface area contributed by atoms with Gasteiger partial charge in [0.15, 0.2) is 0 Å². The number of hydrogen-bond acceptors (Lipinski definition) is 6. The van der Waals surface area contributed by atoms with Crippen molar-refractivity contribution in [3.8, 4) is 5.75 Å². The second-order valence-electron chi connectivity index (χ2n) is 3.30. The molecule has 0 radical (unpaired) electrons. The van der Waals surface area contributed by atoms with Crippen LogP contribution in [0.2, 0.25) is 0 Å². The molecule has 0 N–H and O–H groups in total. The van der Waals surface area contributed by atoms with Crippen LogP contribution in [0.1, 0.15) is 29.1 Å². The zero-order valence-electron chi connectivity index (χ0n) is 10.6. The minimum atomic E-state index is -0.477. The first-order chi connectivity index (χ1) is 8.63. The molecular formula is C12H16O5S. The first-order valence-electron chi connectivity index (χ1n) is 5.61. The summed E-state index contributed by atoms with van der Waals surface area (Å²) in [5.41, 5.74) is 0.317. The summed E-state index contributed by atoms with van der Waals surface area (Å²) in [5, 5.41) is 1.68. The van der Waals surface area contributed by atoms with Crippen molar-refractivity contribution in [2.24, 2.45) is 0 Å². The van der Waals surface area contributed by atoms with E-state index in [2.05, 4.69) is 0 Å². The number of ether oxygens (including phenoxy) is 3. The molecule has 0 saturated carbocycles. The van der Waals surface area contributed by atoms with Gasteiger partial charge in [0, 0.05) is 10.3 Å². The second kappa shape index (κ2) is 7.00. The summed E-state index contributed by atoms with van der Waals surface area (Å²) < 4.78 is 14.9. The molecule has 1 aromatic rings. The number of thiophene rings is 1. The van der Waals surface area contributed by atoms with Crippen molar-refractivity contribution in [3.63, 3.8) is 0 Å². The molecule has 0 saturated heterocycles. The van der Waals surface area contributed by atoms with Crippen LogP contribution in [-0.4, -0.2) is 32.3 Å². The molecule has 0 bridgehead atoms. The van der Waals surface area contributed by atoms with Crippen LogP contribution in [0.3, 0.4) is 0 Å². The van der Waals surface area contributed by atoms with Crippen molar-refractivity contribution in [2.45, 2.75) is 20.3 Å². The summed E-state index contributed by atoms with van der Waals surface area (Å²) in [6.45, 7) is 4.05. The SMILES string of the molecule is CCOC(=O)Cc1scc(OC)c1C(=O)OCC. The van der Waals surface area contributed by atoms with Crippen LogP contribution in [0.4, 0.5) is 0 Å². The van der Waals surface area contributed by atoms with Crippen LogP contribution < -0.4 is 4.74 Å². The quantitative estimate of drug-likeness (QED) is 0.742. The Hall–Kier alpha value is -1.56. The van der Waals surface area contributed by atoms with E-state index < -0.39 is 5.97 Å². The molecule has 0 spiro atoms. The number of methoxy groups -OCH3 is 1. The van der Waals surface area contributed by atoms with Gasteiger partial charge in [0.25, 0.3) is 0 Å². The highest BCUT2D eigenvalue weighted by Crippen LogP contribution is 2.30. The summed E-state index contributed by atoms with van der Waals surface area (Å²) >= 11 is 1.28. The van der Waals surface area contributed by atoms with E-state index in [4.69, 9.17) is 14.2 Å². The number of esters is 2. The molecule has 6 heteroatoms. The Bertz CT molecular complexity index is 424. The fourth-order valence-electron chi connectivity index (χ4n) is 1.42. The van der Waals surface area contributed by atoms with Crippen molar-refractivity contribution in [2.75, 3.05) is 20.3 Å². The average Bonchev–Trinajstić information content (AvgIpc) is 2.72. The Morgan fingerprint density at radius 1 is 1.22 bits per heavy atom. The monoisotopic (exact) mass is 272 g/mol. The van der Waals surface area contributed by atoms with E-state index in [1.54, 1.807) is 19.2 Å². The third-order valence-electron chi connectivity index (χ3n) is 2.14. The molecule has 0 aromatic carbocycles. The predicted molar refractivity (Wildman–Crippen MR) is 67.2 cm³/mol. The van der Waals surface area contributed by atoms with Crippen molar-refractivity contribution < 1.29 is 23.8 Å². The second-order valence-corrected chi connectivity index (χ2v) is 4.27. The third-order valence-corrected chi connectivity index (χ3v) is 3.11. The summed E-state index contributed by atoms with van der Waals surface area (Å²) in [7, 11) is 1.47. The van der Waals surface area contributed by atoms with Crippen LogP contribution in [0.5, 0.6) is 5.75 Å². The first kappa shape index (κ1) is 14.5. The maximum Gasteiger partial charge on any atom is 0.343 e. The first-order valence-corrected chi connectivity index (χ1v) is 6.49. The molecule has 0 unspecified atom stereocenters. The molecule has 0 aliphatic heterocycles. The lowest BCUT2D eigenvalue weighted by atomic mass is 10.2. The lowest BCUT2D eigenvalue weighted by molar-refractivity contribution is -0.142. The highest BCUT2D eigenvalue weighted by Gasteiger charge is 2.22. The Balaban J connectivity index is 2.94. The Labute approximate surface area is 110 Å². The van der Waals surface area contributed by atoms with Crippen LogP contribution >= 0.6 is 11.3 Å². The van der Waals surface area contributed by atoms with Gasteiger partial charge in [-0.2, -0.15) is 0 Å². The van der Waals surface area contributed by atoms with E-state index in [1.807, 2.05) is 0 Å². The van der Waals surface area contributed by atoms with Gasteiger partial charge >= 0.3 is 11.9 Å². The van der Waals surface area contributed by atoms with Gasteiger partial charge < -0.3 is 14.2 Å². The molecule has 0 atom stereocenters. The van der Waals surface area contributed by atoms with Crippen molar-refractivity contribution in [1.82, 2.24) is 0 Å². The fourth-order valence-corrected chi connectivity index (χ4v) is 2.39. The smallest absolute Gasteiger partial charge is 0.343 e. The van der Waals surface area contributed by atoms with Crippen molar-refractivity contribution >= 4 is 23.3 Å². The van der Waals surface area contributed by atoms with E-state index in [0.717, 1.165) is 0 Å². The fraction of sp³-hybridized carbons (Fsp3) is 0.500. The van der Waals surface area contributed by atoms with E-state index in [1.165, 1.54) is 18.4 Å². The van der Waals surface area contributed by atoms with Gasteiger partial charge in [-0.3, -0.25) is 4.79 Å². The maximum atomic E-state index is 11.8. The van der Waals surface area contributed by atoms with Gasteiger partial charge in [0.1, 0.15) is 11.3 Å². The lowest BCUT2D eigenvalue weighted by Crippen LogP contribution is -2.12. The normalized spacial score (nSPS) is 9.94. The zero-order chi connectivity index (χ0) is 13.5. The molecule has 0 aliphatic carbocycles. The molecule has 5 nitrogen and oxygen atoms in total. The van der Waals surface area contributed by atoms with Gasteiger partial charge in [-0.1, -0.05) is 0 Å². The molecule has 0 amide bonds. The van der Waals surface area contributed by atoms with Crippen molar-refractivity contribution in [3.05, 3.63) is 15.8 Å². The van der Waals surface area contributed by atoms with Crippen LogP contribution in [-0.2, 0) is 20.7 Å². The topological polar surface area (TPSA) is 61.8 Å². The Kier molecular flexibility index (Phi) is 5.64. The van der Waals surface area contributed by atoms with E-state index >= 15 is 0 Å². The van der Waals surface area contributed by atoms with Gasteiger partial charge in [0.05, 0.1) is 26.7 Å². The average molecular weight is 272 g/mol. The minimum absolute atomic E-state index is 0.0516. The minimum Gasteiger partial charge on any atom is -0.495 e. The molecule has 100 valence electrons. The Morgan fingerprint density at radius 2 is 1.89 bits per heavy atom. The highest BCUT2D eigenvalue weighted by atomic mass is 32.1. The van der Waals surface area contributed by atoms with Crippen LogP contribution in [0, 0.1) is 0 Å². The zero-order valence-corrected chi connectivity index (χ0v) is 11.5. The highest BCUT2D eigenvalue weighted by molar-refractivity contribution is 7.10. The lowest BCUT2D eigenvalue weighted by Gasteiger charge is -2.06. The van der Waals surface area contributed by atoms with Gasteiger partial charge in [-0.25, -0.2) is 4.79 Å². The number of rotatable bonds is 6. The molecule has 0 aliphatic rings. The summed E-state index contributed by atoms with van der Waals surface area (Å²) in [6.07, 6.45) is 0.0516. The maximum absolute atomic E-state index is 11.8. The third kappa shape index (κ3) is 3.46. The summed E-state index contributed by atoms with van der Waals surface area (Å²) in [4.78, 5) is 23.8. The summed E-state index contributed by atoms with van der Waals surface area (Å²) in [5.74, 6) is -0.416. The number of carbonyl (C=O) groups excluding carboxylic acids is 2. The summed E-state index contributed by atoms with van der Waals surface area (Å²) in [6, 6.07) is 0. The Morgan fingerprint density at radius 3 is 2.44 bits per heavy atom. The molecule has 1 heterocycles.